The zero-order valence-electron chi connectivity index (χ0n) is 14.7. The monoisotopic (exact) mass is 340 g/mol. The van der Waals surface area contributed by atoms with Crippen LogP contribution in [0.15, 0.2) is 5.51 Å². The smallest absolute Gasteiger partial charge is 0.147 e. The van der Waals surface area contributed by atoms with Gasteiger partial charge < -0.3 is 4.90 Å². The second kappa shape index (κ2) is 7.31. The molecule has 0 amide bonds. The Bertz CT molecular complexity index is 768. The molecule has 0 atom stereocenters. The Morgan fingerprint density at radius 2 is 1.96 bits per heavy atom. The van der Waals surface area contributed by atoms with Crippen LogP contribution in [0.25, 0.3) is 10.4 Å². The van der Waals surface area contributed by atoms with E-state index < -0.39 is 0 Å². The van der Waals surface area contributed by atoms with Crippen LogP contribution >= 0.6 is 11.3 Å². The standard InChI is InChI=1S/C19H24N4S/c1-4-23(5-2)19-15(11-20)17(18-13(3)21-12-24-18)14-9-7-6-8-10-16(14)22-19/h12H,4-10H2,1-3H3. The first kappa shape index (κ1) is 16.9. The van der Waals surface area contributed by atoms with Gasteiger partial charge in [0, 0.05) is 24.3 Å². The molecule has 4 nitrogen and oxygen atoms in total. The number of anilines is 1. The minimum Gasteiger partial charge on any atom is -0.356 e. The van der Waals surface area contributed by atoms with Crippen LogP contribution in [-0.4, -0.2) is 23.1 Å². The summed E-state index contributed by atoms with van der Waals surface area (Å²) in [6.45, 7) is 8.00. The van der Waals surface area contributed by atoms with Crippen molar-refractivity contribution in [3.8, 4) is 16.5 Å². The van der Waals surface area contributed by atoms with Gasteiger partial charge in [-0.3, -0.25) is 0 Å². The molecule has 0 spiro atoms. The highest BCUT2D eigenvalue weighted by molar-refractivity contribution is 7.13. The van der Waals surface area contributed by atoms with E-state index in [1.165, 1.54) is 30.5 Å². The maximum absolute atomic E-state index is 9.97. The third kappa shape index (κ3) is 2.91. The van der Waals surface area contributed by atoms with Crippen LogP contribution in [0.3, 0.4) is 0 Å². The number of nitriles is 1. The van der Waals surface area contributed by atoms with Crippen molar-refractivity contribution < 1.29 is 0 Å². The number of hydrogen-bond acceptors (Lipinski definition) is 5. The molecule has 0 aromatic carbocycles. The van der Waals surface area contributed by atoms with Crippen molar-refractivity contribution in [1.29, 1.82) is 5.26 Å². The molecule has 0 saturated carbocycles. The fraction of sp³-hybridized carbons (Fsp3) is 0.526. The molecule has 0 bridgehead atoms. The number of thiazole rings is 1. The second-order valence-corrected chi connectivity index (χ2v) is 7.08. The molecule has 2 aromatic heterocycles. The van der Waals surface area contributed by atoms with Crippen molar-refractivity contribution in [2.24, 2.45) is 0 Å². The Balaban J connectivity index is 2.33. The van der Waals surface area contributed by atoms with Crippen LogP contribution in [0.2, 0.25) is 0 Å². The summed E-state index contributed by atoms with van der Waals surface area (Å²) in [6, 6.07) is 2.47. The lowest BCUT2D eigenvalue weighted by Gasteiger charge is -2.25. The van der Waals surface area contributed by atoms with Gasteiger partial charge in [0.1, 0.15) is 17.5 Å². The first-order valence-corrected chi connectivity index (χ1v) is 9.70. The van der Waals surface area contributed by atoms with Gasteiger partial charge in [0.2, 0.25) is 0 Å². The van der Waals surface area contributed by atoms with E-state index in [4.69, 9.17) is 4.98 Å². The average Bonchev–Trinajstić information content (AvgIpc) is 2.87. The molecule has 2 heterocycles. The fourth-order valence-electron chi connectivity index (χ4n) is 3.56. The number of fused-ring (bicyclic) bond motifs is 1. The molecule has 0 unspecified atom stereocenters. The number of aryl methyl sites for hydroxylation is 2. The van der Waals surface area contributed by atoms with Gasteiger partial charge in [-0.2, -0.15) is 5.26 Å². The highest BCUT2D eigenvalue weighted by Gasteiger charge is 2.25. The van der Waals surface area contributed by atoms with Gasteiger partial charge in [0.15, 0.2) is 0 Å². The third-order valence-corrected chi connectivity index (χ3v) is 5.80. The molecule has 0 fully saturated rings. The van der Waals surface area contributed by atoms with E-state index in [-0.39, 0.29) is 0 Å². The molecule has 2 aromatic rings. The Kier molecular flexibility index (Phi) is 5.15. The van der Waals surface area contributed by atoms with Gasteiger partial charge in [-0.25, -0.2) is 9.97 Å². The maximum Gasteiger partial charge on any atom is 0.147 e. The van der Waals surface area contributed by atoms with Crippen LogP contribution in [0.5, 0.6) is 0 Å². The molecule has 5 heteroatoms. The summed E-state index contributed by atoms with van der Waals surface area (Å²) in [5, 5.41) is 9.97. The number of hydrogen-bond donors (Lipinski definition) is 0. The lowest BCUT2D eigenvalue weighted by molar-refractivity contribution is 0.708. The molecule has 126 valence electrons. The van der Waals surface area contributed by atoms with Crippen LogP contribution in [0.1, 0.15) is 55.6 Å². The highest BCUT2D eigenvalue weighted by Crippen LogP contribution is 2.40. The summed E-state index contributed by atoms with van der Waals surface area (Å²) < 4.78 is 0. The first-order chi connectivity index (χ1) is 11.7. The summed E-state index contributed by atoms with van der Waals surface area (Å²) in [5.41, 5.74) is 7.20. The van der Waals surface area contributed by atoms with Crippen molar-refractivity contribution >= 4 is 17.2 Å². The minimum atomic E-state index is 0.728. The lowest BCUT2D eigenvalue weighted by atomic mass is 9.95. The predicted octanol–water partition coefficient (Wildman–Crippen LogP) is 4.50. The van der Waals surface area contributed by atoms with Gasteiger partial charge in [-0.05, 0) is 52.0 Å². The Morgan fingerprint density at radius 3 is 2.58 bits per heavy atom. The molecule has 0 N–H and O–H groups in total. The molecule has 0 saturated heterocycles. The SMILES string of the molecule is CCN(CC)c1nc2c(c(-c3scnc3C)c1C#N)CCCCC2. The van der Waals surface area contributed by atoms with Crippen molar-refractivity contribution in [3.63, 3.8) is 0 Å². The van der Waals surface area contributed by atoms with E-state index in [9.17, 15) is 5.26 Å². The Hall–Kier alpha value is -1.93. The van der Waals surface area contributed by atoms with Gasteiger partial charge in [-0.1, -0.05) is 6.42 Å². The molecule has 3 rings (SSSR count). The lowest BCUT2D eigenvalue weighted by Crippen LogP contribution is -2.25. The van der Waals surface area contributed by atoms with Crippen molar-refractivity contribution in [2.45, 2.75) is 52.9 Å². The van der Waals surface area contributed by atoms with E-state index in [0.29, 0.717) is 0 Å². The van der Waals surface area contributed by atoms with E-state index in [1.54, 1.807) is 11.3 Å². The number of nitrogens with zero attached hydrogens (tertiary/aromatic N) is 4. The topological polar surface area (TPSA) is 52.8 Å². The summed E-state index contributed by atoms with van der Waals surface area (Å²) in [4.78, 5) is 12.7. The maximum atomic E-state index is 9.97. The van der Waals surface area contributed by atoms with E-state index in [0.717, 1.165) is 53.4 Å². The summed E-state index contributed by atoms with van der Waals surface area (Å²) in [5.74, 6) is 0.853. The molecule has 0 radical (unpaired) electrons. The summed E-state index contributed by atoms with van der Waals surface area (Å²) in [7, 11) is 0. The minimum absolute atomic E-state index is 0.728. The number of aromatic nitrogens is 2. The summed E-state index contributed by atoms with van der Waals surface area (Å²) in [6.07, 6.45) is 5.63. The van der Waals surface area contributed by atoms with Crippen LogP contribution in [-0.2, 0) is 12.8 Å². The van der Waals surface area contributed by atoms with E-state index in [1.807, 2.05) is 12.4 Å². The highest BCUT2D eigenvalue weighted by atomic mass is 32.1. The zero-order valence-corrected chi connectivity index (χ0v) is 15.5. The van der Waals surface area contributed by atoms with Crippen LogP contribution < -0.4 is 4.90 Å². The molecule has 0 aliphatic heterocycles. The van der Waals surface area contributed by atoms with Gasteiger partial charge in [0.25, 0.3) is 0 Å². The Labute approximate surface area is 148 Å². The van der Waals surface area contributed by atoms with Gasteiger partial charge in [0.05, 0.1) is 16.1 Å². The molecular formula is C19H24N4S. The molecular weight excluding hydrogens is 316 g/mol. The third-order valence-electron chi connectivity index (χ3n) is 4.85. The van der Waals surface area contributed by atoms with Crippen LogP contribution in [0.4, 0.5) is 5.82 Å². The Morgan fingerprint density at radius 1 is 1.21 bits per heavy atom. The number of rotatable bonds is 4. The van der Waals surface area contributed by atoms with E-state index in [2.05, 4.69) is 29.8 Å². The van der Waals surface area contributed by atoms with Crippen molar-refractivity contribution in [2.75, 3.05) is 18.0 Å². The average molecular weight is 340 g/mol. The molecule has 1 aliphatic rings. The fourth-order valence-corrected chi connectivity index (χ4v) is 4.44. The largest absolute Gasteiger partial charge is 0.356 e. The van der Waals surface area contributed by atoms with Gasteiger partial charge in [-0.15, -0.1) is 11.3 Å². The van der Waals surface area contributed by atoms with Crippen molar-refractivity contribution in [1.82, 2.24) is 9.97 Å². The normalized spacial score (nSPS) is 13.9. The van der Waals surface area contributed by atoms with E-state index >= 15 is 0 Å². The summed E-state index contributed by atoms with van der Waals surface area (Å²) >= 11 is 1.64. The van der Waals surface area contributed by atoms with Crippen molar-refractivity contribution in [3.05, 3.63) is 28.0 Å². The van der Waals surface area contributed by atoms with Gasteiger partial charge >= 0.3 is 0 Å². The zero-order chi connectivity index (χ0) is 17.1. The molecule has 24 heavy (non-hydrogen) atoms. The second-order valence-electron chi connectivity index (χ2n) is 6.22. The molecule has 1 aliphatic carbocycles. The number of pyridine rings is 1. The van der Waals surface area contributed by atoms with Crippen LogP contribution in [0, 0.1) is 18.3 Å². The quantitative estimate of drug-likeness (QED) is 0.769. The first-order valence-electron chi connectivity index (χ1n) is 8.82. The predicted molar refractivity (Wildman–Crippen MR) is 99.6 cm³/mol.